The summed E-state index contributed by atoms with van der Waals surface area (Å²) in [5.74, 6) is -1.18. The molecule has 12 heteroatoms. The SMILES string of the molecule is C=C(C)C(=O)OCC(O)COC(=O)C(=C)C.CCOC(N)=O.CCO[SiH](OCC)OCC. The molecule has 11 nitrogen and oxygen atoms in total. The summed E-state index contributed by atoms with van der Waals surface area (Å²) in [6.07, 6.45) is -1.76. The maximum Gasteiger partial charge on any atom is 0.484 e. The van der Waals surface area contributed by atoms with Crippen LogP contribution in [0.15, 0.2) is 24.3 Å². The molecule has 0 aromatic heterocycles. The van der Waals surface area contributed by atoms with E-state index in [9.17, 15) is 19.5 Å². The van der Waals surface area contributed by atoms with Crippen LogP contribution in [-0.4, -0.2) is 78.4 Å². The molecular weight excluding hydrogens is 442 g/mol. The van der Waals surface area contributed by atoms with E-state index in [0.717, 1.165) is 0 Å². The second-order valence-corrected chi connectivity index (χ2v) is 7.40. The van der Waals surface area contributed by atoms with E-state index in [1.54, 1.807) is 6.92 Å². The van der Waals surface area contributed by atoms with E-state index in [4.69, 9.17) is 13.3 Å². The van der Waals surface area contributed by atoms with E-state index in [1.807, 2.05) is 20.8 Å². The van der Waals surface area contributed by atoms with Crippen LogP contribution >= 0.6 is 0 Å². The average Bonchev–Trinajstić information content (AvgIpc) is 2.71. The highest BCUT2D eigenvalue weighted by atomic mass is 28.3. The summed E-state index contributed by atoms with van der Waals surface area (Å²) in [6, 6.07) is 0. The van der Waals surface area contributed by atoms with E-state index in [2.05, 4.69) is 33.1 Å². The summed E-state index contributed by atoms with van der Waals surface area (Å²) in [6.45, 7) is 19.2. The normalized spacial score (nSPS) is 9.66. The zero-order chi connectivity index (χ0) is 25.5. The van der Waals surface area contributed by atoms with Gasteiger partial charge in [-0.05, 0) is 41.5 Å². The molecule has 0 heterocycles. The number of hydrogen-bond donors (Lipinski definition) is 2. The zero-order valence-electron chi connectivity index (χ0n) is 20.0. The number of aliphatic hydroxyl groups excluding tert-OH is 1. The zero-order valence-corrected chi connectivity index (χ0v) is 21.2. The molecular formula is C20H39NO10Si. The van der Waals surface area contributed by atoms with E-state index < -0.39 is 33.7 Å². The van der Waals surface area contributed by atoms with Gasteiger partial charge in [0.2, 0.25) is 0 Å². The summed E-state index contributed by atoms with van der Waals surface area (Å²) in [7, 11) is -1.73. The van der Waals surface area contributed by atoms with Crippen molar-refractivity contribution in [3.63, 3.8) is 0 Å². The van der Waals surface area contributed by atoms with Crippen LogP contribution in [0, 0.1) is 0 Å². The summed E-state index contributed by atoms with van der Waals surface area (Å²) >= 11 is 0. The predicted octanol–water partition coefficient (Wildman–Crippen LogP) is 1.50. The molecule has 0 aliphatic rings. The number of rotatable bonds is 13. The number of esters is 2. The number of nitrogens with two attached hydrogens (primary N) is 1. The monoisotopic (exact) mass is 481 g/mol. The molecule has 0 fully saturated rings. The molecule has 32 heavy (non-hydrogen) atoms. The summed E-state index contributed by atoms with van der Waals surface area (Å²) in [5.41, 5.74) is 5.03. The first kappa shape index (κ1) is 34.4. The van der Waals surface area contributed by atoms with Crippen LogP contribution in [0.5, 0.6) is 0 Å². The summed E-state index contributed by atoms with van der Waals surface area (Å²) in [4.78, 5) is 31.5. The molecule has 0 spiro atoms. The molecule has 0 bridgehead atoms. The van der Waals surface area contributed by atoms with Gasteiger partial charge in [-0.25, -0.2) is 14.4 Å². The molecule has 1 amide bonds. The molecule has 0 saturated carbocycles. The Morgan fingerprint density at radius 1 is 0.781 bits per heavy atom. The van der Waals surface area contributed by atoms with Gasteiger partial charge in [-0.3, -0.25) is 0 Å². The molecule has 0 aliphatic carbocycles. The average molecular weight is 482 g/mol. The van der Waals surface area contributed by atoms with Crippen molar-refractivity contribution in [3.8, 4) is 0 Å². The van der Waals surface area contributed by atoms with E-state index >= 15 is 0 Å². The molecule has 0 rings (SSSR count). The van der Waals surface area contributed by atoms with Crippen molar-refractivity contribution in [2.24, 2.45) is 5.73 Å². The van der Waals surface area contributed by atoms with Gasteiger partial charge >= 0.3 is 27.6 Å². The van der Waals surface area contributed by atoms with Gasteiger partial charge in [0.25, 0.3) is 0 Å². The van der Waals surface area contributed by atoms with Gasteiger partial charge in [-0.1, -0.05) is 13.2 Å². The number of hydrogen-bond acceptors (Lipinski definition) is 10. The Labute approximate surface area is 192 Å². The molecule has 0 aliphatic heterocycles. The second-order valence-electron chi connectivity index (χ2n) is 5.82. The van der Waals surface area contributed by atoms with Gasteiger partial charge in [-0.2, -0.15) is 0 Å². The number of carbonyl (C=O) groups excluding carboxylic acids is 3. The summed E-state index contributed by atoms with van der Waals surface area (Å²) in [5, 5.41) is 9.30. The first-order chi connectivity index (χ1) is 15.0. The Hall–Kier alpha value is -2.25. The van der Waals surface area contributed by atoms with Crippen molar-refractivity contribution in [3.05, 3.63) is 24.3 Å². The highest BCUT2D eigenvalue weighted by Crippen LogP contribution is 1.97. The van der Waals surface area contributed by atoms with Crippen molar-refractivity contribution in [1.82, 2.24) is 0 Å². The smallest absolute Gasteiger partial charge is 0.459 e. The predicted molar refractivity (Wildman–Crippen MR) is 121 cm³/mol. The Bertz CT molecular complexity index is 512. The minimum atomic E-state index is -1.73. The third-order valence-corrected chi connectivity index (χ3v) is 4.52. The maximum absolute atomic E-state index is 10.9. The lowest BCUT2D eigenvalue weighted by Crippen LogP contribution is -2.27. The van der Waals surface area contributed by atoms with Crippen LogP contribution in [0.25, 0.3) is 0 Å². The van der Waals surface area contributed by atoms with Gasteiger partial charge < -0.3 is 38.3 Å². The van der Waals surface area contributed by atoms with Gasteiger partial charge in [0.05, 0.1) is 6.61 Å². The number of amides is 1. The molecule has 0 unspecified atom stereocenters. The van der Waals surface area contributed by atoms with Gasteiger partial charge in [0, 0.05) is 31.0 Å². The van der Waals surface area contributed by atoms with Crippen LogP contribution in [0.4, 0.5) is 4.79 Å². The van der Waals surface area contributed by atoms with Crippen LogP contribution in [0.1, 0.15) is 41.5 Å². The third-order valence-electron chi connectivity index (χ3n) is 2.71. The van der Waals surface area contributed by atoms with Crippen molar-refractivity contribution in [2.45, 2.75) is 47.6 Å². The van der Waals surface area contributed by atoms with Crippen LogP contribution in [0.2, 0.25) is 0 Å². The van der Waals surface area contributed by atoms with Gasteiger partial charge in [-0.15, -0.1) is 0 Å². The Balaban J connectivity index is -0.000000446. The molecule has 0 aromatic rings. The fraction of sp³-hybridized carbons (Fsp3) is 0.650. The van der Waals surface area contributed by atoms with Crippen molar-refractivity contribution in [1.29, 1.82) is 0 Å². The lowest BCUT2D eigenvalue weighted by atomic mass is 10.3. The molecule has 0 atom stereocenters. The first-order valence-electron chi connectivity index (χ1n) is 10.1. The van der Waals surface area contributed by atoms with Crippen LogP contribution in [0.3, 0.4) is 0 Å². The van der Waals surface area contributed by atoms with E-state index in [1.165, 1.54) is 13.8 Å². The second kappa shape index (κ2) is 23.4. The minimum Gasteiger partial charge on any atom is -0.459 e. The topological polar surface area (TPSA) is 153 Å². The Morgan fingerprint density at radius 3 is 1.31 bits per heavy atom. The summed E-state index contributed by atoms with van der Waals surface area (Å²) < 4.78 is 29.1. The minimum absolute atomic E-state index is 0.241. The third kappa shape index (κ3) is 25.8. The van der Waals surface area contributed by atoms with Gasteiger partial charge in [0.15, 0.2) is 0 Å². The number of ether oxygens (including phenoxy) is 3. The number of carbonyl (C=O) groups is 3. The highest BCUT2D eigenvalue weighted by molar-refractivity contribution is 6.36. The first-order valence-corrected chi connectivity index (χ1v) is 11.5. The van der Waals surface area contributed by atoms with Crippen LogP contribution < -0.4 is 5.73 Å². The molecule has 0 saturated heterocycles. The standard InChI is InChI=1S/C11H16O5.C6H16O3Si.C3H7NO2/c1-7(2)10(13)15-5-9(12)6-16-11(14)8(3)4;1-4-7-10(8-5-2)9-6-3;1-2-6-3(4)5/h9,12H,1,3,5-6H2,2,4H3;10H,4-6H2,1-3H3;2H2,1H3,(H2,4,5). The molecule has 0 aromatic carbocycles. The van der Waals surface area contributed by atoms with Crippen molar-refractivity contribution in [2.75, 3.05) is 39.6 Å². The quantitative estimate of drug-likeness (QED) is 0.171. The lowest BCUT2D eigenvalue weighted by Gasteiger charge is -2.12. The Kier molecular flexibility index (Phi) is 25.1. The number of aliphatic hydroxyl groups is 1. The van der Waals surface area contributed by atoms with E-state index in [-0.39, 0.29) is 24.4 Å². The molecule has 188 valence electrons. The lowest BCUT2D eigenvalue weighted by molar-refractivity contribution is -0.147. The van der Waals surface area contributed by atoms with Crippen molar-refractivity contribution < 1.29 is 47.0 Å². The number of primary amides is 1. The van der Waals surface area contributed by atoms with E-state index in [0.29, 0.717) is 26.4 Å². The Morgan fingerprint density at radius 2 is 1.12 bits per heavy atom. The van der Waals surface area contributed by atoms with Gasteiger partial charge in [0.1, 0.15) is 19.3 Å². The molecule has 0 radical (unpaired) electrons. The maximum atomic E-state index is 10.9. The van der Waals surface area contributed by atoms with Crippen molar-refractivity contribution >= 4 is 27.6 Å². The molecule has 3 N–H and O–H groups in total. The highest BCUT2D eigenvalue weighted by Gasteiger charge is 2.12. The van der Waals surface area contributed by atoms with Crippen LogP contribution in [-0.2, 0) is 37.1 Å². The fourth-order valence-corrected chi connectivity index (χ4v) is 2.44. The largest absolute Gasteiger partial charge is 0.484 e. The fourth-order valence-electron chi connectivity index (χ4n) is 1.33.